The number of anilines is 3. The molecule has 7 nitrogen and oxygen atoms in total. The summed E-state index contributed by atoms with van der Waals surface area (Å²) in [6.07, 6.45) is 6.07. The van der Waals surface area contributed by atoms with Crippen LogP contribution in [0.1, 0.15) is 29.5 Å². The van der Waals surface area contributed by atoms with Gasteiger partial charge in [0.2, 0.25) is 11.9 Å². The lowest BCUT2D eigenvalue weighted by atomic mass is 9.95. The number of aryl methyl sites for hydroxylation is 1. The number of hydrogen-bond acceptors (Lipinski definition) is 6. The third-order valence-electron chi connectivity index (χ3n) is 7.83. The van der Waals surface area contributed by atoms with Gasteiger partial charge < -0.3 is 15.5 Å². The summed E-state index contributed by atoms with van der Waals surface area (Å²) in [7, 11) is 0. The summed E-state index contributed by atoms with van der Waals surface area (Å²) in [6.45, 7) is 7.23. The average molecular weight is 533 g/mol. The zero-order valence-corrected chi connectivity index (χ0v) is 23.0. The third-order valence-corrected chi connectivity index (χ3v) is 7.83. The Bertz CT molecular complexity index is 1490. The molecule has 40 heavy (non-hydrogen) atoms. The molecule has 6 rings (SSSR count). The molecule has 1 amide bonds. The molecule has 204 valence electrons. The van der Waals surface area contributed by atoms with Gasteiger partial charge in [0.1, 0.15) is 5.82 Å². The minimum Gasteiger partial charge on any atom is -0.365 e. The lowest BCUT2D eigenvalue weighted by molar-refractivity contribution is -0.121. The van der Waals surface area contributed by atoms with Crippen LogP contribution in [0, 0.1) is 12.8 Å². The fourth-order valence-electron chi connectivity index (χ4n) is 5.48. The first-order valence-electron chi connectivity index (χ1n) is 14.2. The van der Waals surface area contributed by atoms with Crippen molar-refractivity contribution < 1.29 is 4.79 Å². The van der Waals surface area contributed by atoms with Gasteiger partial charge >= 0.3 is 0 Å². The van der Waals surface area contributed by atoms with Crippen LogP contribution in [0.25, 0.3) is 10.9 Å². The topological polar surface area (TPSA) is 73.4 Å². The van der Waals surface area contributed by atoms with Gasteiger partial charge in [0.15, 0.2) is 0 Å². The van der Waals surface area contributed by atoms with Gasteiger partial charge in [0.25, 0.3) is 0 Å². The summed E-state index contributed by atoms with van der Waals surface area (Å²) >= 11 is 0. The largest absolute Gasteiger partial charge is 0.365 e. The van der Waals surface area contributed by atoms with Crippen LogP contribution in [0.4, 0.5) is 17.5 Å². The zero-order chi connectivity index (χ0) is 27.3. The maximum atomic E-state index is 13.0. The van der Waals surface area contributed by atoms with Crippen molar-refractivity contribution in [2.75, 3.05) is 41.7 Å². The lowest BCUT2D eigenvalue weighted by Crippen LogP contribution is -2.37. The molecule has 2 aliphatic rings. The predicted octanol–water partition coefficient (Wildman–Crippen LogP) is 5.78. The van der Waals surface area contributed by atoms with Crippen molar-refractivity contribution in [3.05, 3.63) is 102 Å². The smallest absolute Gasteiger partial charge is 0.228 e. The highest BCUT2D eigenvalue weighted by atomic mass is 16.1. The Morgan fingerprint density at radius 2 is 1.65 bits per heavy atom. The van der Waals surface area contributed by atoms with Gasteiger partial charge in [-0.3, -0.25) is 9.69 Å². The van der Waals surface area contributed by atoms with E-state index in [2.05, 4.69) is 94.1 Å². The zero-order valence-electron chi connectivity index (χ0n) is 23.0. The van der Waals surface area contributed by atoms with Gasteiger partial charge in [-0.05, 0) is 68.2 Å². The summed E-state index contributed by atoms with van der Waals surface area (Å²) < 4.78 is 0. The van der Waals surface area contributed by atoms with Gasteiger partial charge in [-0.25, -0.2) is 4.98 Å². The summed E-state index contributed by atoms with van der Waals surface area (Å²) in [4.78, 5) is 27.2. The van der Waals surface area contributed by atoms with E-state index in [0.717, 1.165) is 79.5 Å². The van der Waals surface area contributed by atoms with Gasteiger partial charge in [-0.1, -0.05) is 66.2 Å². The third kappa shape index (κ3) is 6.15. The molecule has 7 heteroatoms. The van der Waals surface area contributed by atoms with Crippen LogP contribution in [0.3, 0.4) is 0 Å². The highest BCUT2D eigenvalue weighted by Crippen LogP contribution is 2.26. The highest BCUT2D eigenvalue weighted by molar-refractivity contribution is 5.93. The SMILES string of the molecule is Cc1ccc2nc(N3CC=CC3)nc(NCc3ccc(NC(=O)C4CCN(Cc5ccccc5)CC4)cc3)c2c1. The van der Waals surface area contributed by atoms with Crippen LogP contribution in [0.15, 0.2) is 84.9 Å². The minimum absolute atomic E-state index is 0.0582. The van der Waals surface area contributed by atoms with Crippen molar-refractivity contribution in [2.24, 2.45) is 5.92 Å². The van der Waals surface area contributed by atoms with Gasteiger partial charge in [0.05, 0.1) is 5.52 Å². The Hall–Kier alpha value is -4.23. The van der Waals surface area contributed by atoms with Crippen LogP contribution in [0.5, 0.6) is 0 Å². The monoisotopic (exact) mass is 532 g/mol. The molecule has 4 aromatic rings. The number of nitrogens with zero attached hydrogens (tertiary/aromatic N) is 4. The number of likely N-dealkylation sites (tertiary alicyclic amines) is 1. The Balaban J connectivity index is 1.04. The molecule has 2 N–H and O–H groups in total. The van der Waals surface area contributed by atoms with Crippen LogP contribution in [-0.2, 0) is 17.9 Å². The molecule has 1 saturated heterocycles. The summed E-state index contributed by atoms with van der Waals surface area (Å²) in [5, 5.41) is 7.70. The number of hydrogen-bond donors (Lipinski definition) is 2. The Morgan fingerprint density at radius 3 is 2.40 bits per heavy atom. The van der Waals surface area contributed by atoms with E-state index in [4.69, 9.17) is 9.97 Å². The number of rotatable bonds is 8. The quantitative estimate of drug-likeness (QED) is 0.281. The molecule has 2 aliphatic heterocycles. The van der Waals surface area contributed by atoms with E-state index < -0.39 is 0 Å². The second-order valence-corrected chi connectivity index (χ2v) is 10.8. The minimum atomic E-state index is 0.0582. The van der Waals surface area contributed by atoms with E-state index in [0.29, 0.717) is 6.54 Å². The van der Waals surface area contributed by atoms with Crippen LogP contribution in [-0.4, -0.2) is 47.0 Å². The number of fused-ring (bicyclic) bond motifs is 1. The Morgan fingerprint density at radius 1 is 0.900 bits per heavy atom. The van der Waals surface area contributed by atoms with Crippen molar-refractivity contribution >= 4 is 34.3 Å². The molecule has 3 aromatic carbocycles. The first kappa shape index (κ1) is 26.0. The Kier molecular flexibility index (Phi) is 7.73. The van der Waals surface area contributed by atoms with Crippen LogP contribution >= 0.6 is 0 Å². The standard InChI is InChI=1S/C33H36N6O/c1-24-9-14-30-29(21-24)31(37-33(36-30)39-17-5-6-18-39)34-22-25-10-12-28(13-11-25)35-32(40)27-15-19-38(20-16-27)23-26-7-3-2-4-8-26/h2-14,21,27H,15-20,22-23H2,1H3,(H,35,40)(H,34,36,37). The number of benzene rings is 3. The second-order valence-electron chi connectivity index (χ2n) is 10.8. The van der Waals surface area contributed by atoms with Crippen molar-refractivity contribution in [1.82, 2.24) is 14.9 Å². The van der Waals surface area contributed by atoms with E-state index in [1.54, 1.807) is 0 Å². The first-order chi connectivity index (χ1) is 19.6. The molecule has 1 aromatic heterocycles. The fourth-order valence-corrected chi connectivity index (χ4v) is 5.48. The summed E-state index contributed by atoms with van der Waals surface area (Å²) in [6, 6.07) is 24.9. The summed E-state index contributed by atoms with van der Waals surface area (Å²) in [5.74, 6) is 1.76. The highest BCUT2D eigenvalue weighted by Gasteiger charge is 2.25. The molecule has 0 saturated carbocycles. The van der Waals surface area contributed by atoms with E-state index in [1.807, 2.05) is 18.2 Å². The van der Waals surface area contributed by atoms with Crippen LogP contribution in [0.2, 0.25) is 0 Å². The average Bonchev–Trinajstić information content (AvgIpc) is 3.53. The predicted molar refractivity (Wildman–Crippen MR) is 162 cm³/mol. The molecule has 3 heterocycles. The number of amides is 1. The molecule has 0 bridgehead atoms. The molecule has 0 radical (unpaired) electrons. The van der Waals surface area contributed by atoms with Crippen molar-refractivity contribution in [3.8, 4) is 0 Å². The second kappa shape index (κ2) is 11.9. The normalized spacial score (nSPS) is 16.0. The lowest BCUT2D eigenvalue weighted by Gasteiger charge is -2.31. The Labute approximate surface area is 235 Å². The molecule has 0 atom stereocenters. The van der Waals surface area contributed by atoms with E-state index in [-0.39, 0.29) is 11.8 Å². The molecule has 0 unspecified atom stereocenters. The van der Waals surface area contributed by atoms with Crippen LogP contribution < -0.4 is 15.5 Å². The fraction of sp³-hybridized carbons (Fsp3) is 0.303. The molecule has 1 fully saturated rings. The number of carbonyl (C=O) groups is 1. The molecular weight excluding hydrogens is 496 g/mol. The maximum Gasteiger partial charge on any atom is 0.228 e. The van der Waals surface area contributed by atoms with E-state index in [9.17, 15) is 4.79 Å². The van der Waals surface area contributed by atoms with E-state index >= 15 is 0 Å². The first-order valence-corrected chi connectivity index (χ1v) is 14.2. The molecule has 0 aliphatic carbocycles. The maximum absolute atomic E-state index is 13.0. The van der Waals surface area contributed by atoms with Crippen molar-refractivity contribution in [3.63, 3.8) is 0 Å². The summed E-state index contributed by atoms with van der Waals surface area (Å²) in [5.41, 5.74) is 5.40. The molecular formula is C33H36N6O. The van der Waals surface area contributed by atoms with E-state index in [1.165, 1.54) is 11.1 Å². The van der Waals surface area contributed by atoms with Gasteiger partial charge in [0, 0.05) is 43.2 Å². The van der Waals surface area contributed by atoms with Gasteiger partial charge in [-0.2, -0.15) is 4.98 Å². The number of piperidine rings is 1. The van der Waals surface area contributed by atoms with Gasteiger partial charge in [-0.15, -0.1) is 0 Å². The van der Waals surface area contributed by atoms with Crippen molar-refractivity contribution in [1.29, 1.82) is 0 Å². The number of nitrogens with one attached hydrogen (secondary N) is 2. The van der Waals surface area contributed by atoms with Crippen molar-refractivity contribution in [2.45, 2.75) is 32.9 Å². The number of carbonyl (C=O) groups excluding carboxylic acids is 1. The molecule has 0 spiro atoms. The number of aromatic nitrogens is 2.